The van der Waals surface area contributed by atoms with Crippen molar-refractivity contribution in [3.05, 3.63) is 140 Å². The molecule has 0 atom stereocenters. The molecule has 0 bridgehead atoms. The maximum absolute atomic E-state index is 6.59. The molecule has 168 valence electrons. The van der Waals surface area contributed by atoms with Gasteiger partial charge < -0.3 is 13.3 Å². The molecule has 0 aliphatic carbocycles. The normalized spacial score (nSPS) is 10.7. The first-order chi connectivity index (χ1) is 16.1. The topological polar surface area (TPSA) is 27.7 Å². The van der Waals surface area contributed by atoms with Crippen molar-refractivity contribution in [3.8, 4) is 17.2 Å². The summed E-state index contributed by atoms with van der Waals surface area (Å²) < 4.78 is 19.8. The molecule has 0 heterocycles. The molecule has 0 spiro atoms. The largest absolute Gasteiger partial charge is 0.728 e. The van der Waals surface area contributed by atoms with Gasteiger partial charge in [0.25, 0.3) is 0 Å². The molecule has 0 amide bonds. The second kappa shape index (κ2) is 11.7. The fraction of sp³-hybridized carbons (Fsp3) is 0.103. The first-order valence-electron chi connectivity index (χ1n) is 10.9. The molecule has 0 fully saturated rings. The average Bonchev–Trinajstić information content (AvgIpc) is 2.83. The Hall–Kier alpha value is -3.76. The van der Waals surface area contributed by atoms with E-state index in [1.54, 1.807) is 5.70 Å². The summed E-state index contributed by atoms with van der Waals surface area (Å²) in [4.78, 5) is 0. The van der Waals surface area contributed by atoms with Gasteiger partial charge in [0.05, 0.1) is 0 Å². The molecule has 0 unspecified atom stereocenters. The van der Waals surface area contributed by atoms with Crippen LogP contribution >= 0.6 is 0 Å². The molecule has 0 aliphatic rings. The summed E-state index contributed by atoms with van der Waals surface area (Å²) in [5.41, 5.74) is 4.67. The molecule has 4 heteroatoms. The maximum atomic E-state index is 6.59. The number of rotatable bonds is 13. The highest BCUT2D eigenvalue weighted by Gasteiger charge is 2.47. The maximum Gasteiger partial charge on any atom is 0.728 e. The fourth-order valence-electron chi connectivity index (χ4n) is 3.43. The third-order valence-electron chi connectivity index (χ3n) is 5.02. The van der Waals surface area contributed by atoms with Gasteiger partial charge in [-0.2, -0.15) is 0 Å². The summed E-state index contributed by atoms with van der Waals surface area (Å²) in [7, 11) is -3.51. The van der Waals surface area contributed by atoms with Crippen LogP contribution in [0.25, 0.3) is 0 Å². The van der Waals surface area contributed by atoms with E-state index in [4.69, 9.17) is 13.3 Å². The SMILES string of the molecule is C=CCc1ccccc1O[Si](C=C)(Oc1ccccc1CC=C)Oc1ccccc1CC=C. The van der Waals surface area contributed by atoms with Crippen LogP contribution in [-0.2, 0) is 19.3 Å². The minimum atomic E-state index is -3.51. The van der Waals surface area contributed by atoms with Gasteiger partial charge in [0.1, 0.15) is 17.2 Å². The van der Waals surface area contributed by atoms with Crippen LogP contribution in [-0.4, -0.2) is 8.80 Å². The summed E-state index contributed by atoms with van der Waals surface area (Å²) in [5, 5.41) is 0. The quantitative estimate of drug-likeness (QED) is 0.204. The van der Waals surface area contributed by atoms with Gasteiger partial charge in [-0.05, 0) is 54.2 Å². The zero-order valence-corrected chi connectivity index (χ0v) is 19.9. The van der Waals surface area contributed by atoms with Gasteiger partial charge >= 0.3 is 8.80 Å². The van der Waals surface area contributed by atoms with E-state index in [1.807, 2.05) is 91.0 Å². The lowest BCUT2D eigenvalue weighted by atomic mass is 10.1. The monoisotopic (exact) mass is 454 g/mol. The number of allylic oxidation sites excluding steroid dienone is 3. The van der Waals surface area contributed by atoms with Gasteiger partial charge in [0, 0.05) is 5.70 Å². The molecular formula is C29H30O3Si. The van der Waals surface area contributed by atoms with Crippen molar-refractivity contribution in [2.45, 2.75) is 19.3 Å². The first-order valence-corrected chi connectivity index (χ1v) is 12.7. The zero-order valence-electron chi connectivity index (χ0n) is 18.9. The van der Waals surface area contributed by atoms with Crippen LogP contribution in [0.4, 0.5) is 0 Å². The summed E-state index contributed by atoms with van der Waals surface area (Å²) in [5.74, 6) is 2.06. The van der Waals surface area contributed by atoms with Crippen molar-refractivity contribution in [2.75, 3.05) is 0 Å². The molecule has 3 rings (SSSR count). The number of hydrogen-bond acceptors (Lipinski definition) is 3. The van der Waals surface area contributed by atoms with E-state index in [-0.39, 0.29) is 0 Å². The van der Waals surface area contributed by atoms with E-state index in [1.165, 1.54) is 0 Å². The second-order valence-corrected chi connectivity index (χ2v) is 9.64. The Kier molecular flexibility index (Phi) is 8.50. The molecule has 3 nitrogen and oxygen atoms in total. The van der Waals surface area contributed by atoms with Crippen molar-refractivity contribution in [3.63, 3.8) is 0 Å². The Balaban J connectivity index is 2.09. The zero-order chi connectivity index (χ0) is 23.5. The van der Waals surface area contributed by atoms with Crippen molar-refractivity contribution in [1.29, 1.82) is 0 Å². The molecule has 0 N–H and O–H groups in total. The Labute approximate surface area is 198 Å². The standard InChI is InChI=1S/C29H30O3Si/c1-5-15-24-18-9-12-21-27(24)30-33(8-4,31-28-22-13-10-19-25(28)16-6-2)32-29-23-14-11-20-26(29)17-7-3/h5-14,18-23H,1-4,15-17H2. The van der Waals surface area contributed by atoms with E-state index >= 15 is 0 Å². The molecule has 0 radical (unpaired) electrons. The van der Waals surface area contributed by atoms with Crippen LogP contribution in [0.5, 0.6) is 17.2 Å². The molecule has 0 aliphatic heterocycles. The van der Waals surface area contributed by atoms with E-state index in [0.29, 0.717) is 36.5 Å². The Morgan fingerprint density at radius 3 is 1.09 bits per heavy atom. The minimum absolute atomic E-state index is 0.665. The van der Waals surface area contributed by atoms with Gasteiger partial charge in [-0.1, -0.05) is 79.4 Å². The third-order valence-corrected chi connectivity index (χ3v) is 7.03. The van der Waals surface area contributed by atoms with Gasteiger partial charge in [0.2, 0.25) is 0 Å². The van der Waals surface area contributed by atoms with Crippen LogP contribution in [0.15, 0.2) is 123 Å². The third kappa shape index (κ3) is 6.15. The van der Waals surface area contributed by atoms with E-state index in [2.05, 4.69) is 26.3 Å². The summed E-state index contributed by atoms with van der Waals surface area (Å²) in [6.45, 7) is 15.7. The highest BCUT2D eigenvalue weighted by Crippen LogP contribution is 2.31. The summed E-state index contributed by atoms with van der Waals surface area (Å²) >= 11 is 0. The molecular weight excluding hydrogens is 424 g/mol. The lowest BCUT2D eigenvalue weighted by Gasteiger charge is -2.30. The molecule has 0 saturated heterocycles. The molecule has 33 heavy (non-hydrogen) atoms. The molecule has 3 aromatic carbocycles. The van der Waals surface area contributed by atoms with Gasteiger partial charge in [-0.3, -0.25) is 0 Å². The second-order valence-electron chi connectivity index (χ2n) is 7.42. The first kappa shape index (κ1) is 23.9. The van der Waals surface area contributed by atoms with E-state index in [0.717, 1.165) is 16.7 Å². The predicted octanol–water partition coefficient (Wildman–Crippen LogP) is 7.07. The highest BCUT2D eigenvalue weighted by atomic mass is 28.4. The fourth-order valence-corrected chi connectivity index (χ4v) is 5.32. The van der Waals surface area contributed by atoms with Crippen LogP contribution < -0.4 is 13.3 Å². The Morgan fingerprint density at radius 1 is 0.515 bits per heavy atom. The average molecular weight is 455 g/mol. The number of benzene rings is 3. The summed E-state index contributed by atoms with van der Waals surface area (Å²) in [6, 6.07) is 23.5. The lowest BCUT2D eigenvalue weighted by Crippen LogP contribution is -2.53. The van der Waals surface area contributed by atoms with Crippen LogP contribution in [0.1, 0.15) is 16.7 Å². The van der Waals surface area contributed by atoms with E-state index < -0.39 is 8.80 Å². The molecule has 0 saturated carbocycles. The Morgan fingerprint density at radius 2 is 0.818 bits per heavy atom. The molecule has 3 aromatic rings. The van der Waals surface area contributed by atoms with Crippen molar-refractivity contribution >= 4 is 8.80 Å². The number of hydrogen-bond donors (Lipinski definition) is 0. The van der Waals surface area contributed by atoms with Gasteiger partial charge in [-0.25, -0.2) is 0 Å². The molecule has 0 aromatic heterocycles. The van der Waals surface area contributed by atoms with Crippen LogP contribution in [0.2, 0.25) is 0 Å². The summed E-state index contributed by atoms with van der Waals surface area (Å²) in [6.07, 6.45) is 7.53. The highest BCUT2D eigenvalue weighted by molar-refractivity contribution is 6.68. The minimum Gasteiger partial charge on any atom is -0.480 e. The number of para-hydroxylation sites is 3. The van der Waals surface area contributed by atoms with Crippen LogP contribution in [0, 0.1) is 0 Å². The van der Waals surface area contributed by atoms with Crippen molar-refractivity contribution in [1.82, 2.24) is 0 Å². The van der Waals surface area contributed by atoms with Crippen LogP contribution in [0.3, 0.4) is 0 Å². The predicted molar refractivity (Wildman–Crippen MR) is 139 cm³/mol. The smallest absolute Gasteiger partial charge is 0.480 e. The van der Waals surface area contributed by atoms with Gasteiger partial charge in [0.15, 0.2) is 0 Å². The van der Waals surface area contributed by atoms with Crippen molar-refractivity contribution in [2.24, 2.45) is 0 Å². The van der Waals surface area contributed by atoms with Gasteiger partial charge in [-0.15, -0.1) is 19.7 Å². The van der Waals surface area contributed by atoms with Crippen molar-refractivity contribution < 1.29 is 13.3 Å². The van der Waals surface area contributed by atoms with E-state index in [9.17, 15) is 0 Å². The lowest BCUT2D eigenvalue weighted by molar-refractivity contribution is 0.276. The Bertz CT molecular complexity index is 984.